The summed E-state index contributed by atoms with van der Waals surface area (Å²) in [5.41, 5.74) is 0.391. The molecule has 0 fully saturated rings. The Morgan fingerprint density at radius 3 is 2.85 bits per heavy atom. The van der Waals surface area contributed by atoms with Crippen molar-refractivity contribution in [2.45, 2.75) is 19.1 Å². The minimum atomic E-state index is -1.21. The van der Waals surface area contributed by atoms with E-state index in [1.807, 2.05) is 24.3 Å². The fraction of sp³-hybridized carbons (Fsp3) is 0.200. The van der Waals surface area contributed by atoms with Crippen molar-refractivity contribution in [3.8, 4) is 5.75 Å². The number of nitrogens with zero attached hydrogens (tertiary/aromatic N) is 1. The lowest BCUT2D eigenvalue weighted by atomic mass is 10.1. The first-order chi connectivity index (χ1) is 9.65. The topological polar surface area (TPSA) is 68.5 Å². The third-order valence-corrected chi connectivity index (χ3v) is 3.36. The maximum absolute atomic E-state index is 12.0. The van der Waals surface area contributed by atoms with Crippen LogP contribution in [-0.4, -0.2) is 21.7 Å². The van der Waals surface area contributed by atoms with Crippen LogP contribution in [0.2, 0.25) is 0 Å². The molecular formula is C15H13NO4. The van der Waals surface area contributed by atoms with Crippen molar-refractivity contribution in [2.75, 3.05) is 0 Å². The quantitative estimate of drug-likeness (QED) is 0.919. The molecule has 0 radical (unpaired) electrons. The summed E-state index contributed by atoms with van der Waals surface area (Å²) in [5, 5.41) is 8.95. The Morgan fingerprint density at radius 2 is 2.10 bits per heavy atom. The summed E-state index contributed by atoms with van der Waals surface area (Å²) in [6, 6.07) is 10.6. The molecule has 0 spiro atoms. The van der Waals surface area contributed by atoms with Crippen LogP contribution in [0.3, 0.4) is 0 Å². The van der Waals surface area contributed by atoms with Crippen molar-refractivity contribution < 1.29 is 14.6 Å². The largest absolute Gasteiger partial charge is 0.488 e. The predicted molar refractivity (Wildman–Crippen MR) is 72.2 cm³/mol. The number of pyridine rings is 1. The molecule has 1 N–H and O–H groups in total. The van der Waals surface area contributed by atoms with Gasteiger partial charge in [-0.3, -0.25) is 4.79 Å². The number of ether oxygens (including phenoxy) is 1. The number of para-hydroxylation sites is 1. The average molecular weight is 271 g/mol. The number of hydrogen-bond donors (Lipinski definition) is 1. The summed E-state index contributed by atoms with van der Waals surface area (Å²) in [6.45, 7) is 0.342. The van der Waals surface area contributed by atoms with Gasteiger partial charge in [-0.25, -0.2) is 4.79 Å². The van der Waals surface area contributed by atoms with Gasteiger partial charge in [0.2, 0.25) is 0 Å². The monoisotopic (exact) mass is 271 g/mol. The highest BCUT2D eigenvalue weighted by Crippen LogP contribution is 2.28. The molecule has 1 atom stereocenters. The maximum Gasteiger partial charge on any atom is 0.341 e. The highest BCUT2D eigenvalue weighted by Gasteiger charge is 2.23. The number of carboxylic acids is 1. The lowest BCUT2D eigenvalue weighted by Crippen LogP contribution is -2.31. The number of fused-ring (bicyclic) bond motifs is 1. The average Bonchev–Trinajstić information content (AvgIpc) is 2.83. The van der Waals surface area contributed by atoms with Crippen molar-refractivity contribution in [3.05, 3.63) is 64.1 Å². The Bertz CT molecular complexity index is 695. The Hall–Kier alpha value is -2.56. The number of rotatable bonds is 3. The predicted octanol–water partition coefficient (Wildman–Crippen LogP) is 1.55. The number of aromatic carboxylic acids is 1. The van der Waals surface area contributed by atoms with Gasteiger partial charge in [0.05, 0.1) is 6.54 Å². The second-order valence-corrected chi connectivity index (χ2v) is 4.74. The van der Waals surface area contributed by atoms with E-state index < -0.39 is 11.5 Å². The van der Waals surface area contributed by atoms with Crippen LogP contribution < -0.4 is 10.3 Å². The summed E-state index contributed by atoms with van der Waals surface area (Å²) in [4.78, 5) is 22.9. The third-order valence-electron chi connectivity index (χ3n) is 3.36. The molecule has 1 aromatic carbocycles. The fourth-order valence-corrected chi connectivity index (χ4v) is 2.42. The van der Waals surface area contributed by atoms with Crippen LogP contribution in [0.4, 0.5) is 0 Å². The molecule has 5 heteroatoms. The highest BCUT2D eigenvalue weighted by atomic mass is 16.5. The van der Waals surface area contributed by atoms with Crippen LogP contribution in [0, 0.1) is 0 Å². The molecule has 3 rings (SSSR count). The van der Waals surface area contributed by atoms with Crippen LogP contribution in [0.1, 0.15) is 15.9 Å². The van der Waals surface area contributed by atoms with Gasteiger partial charge < -0.3 is 14.4 Å². The number of carboxylic acid groups (broad SMARTS) is 1. The molecule has 2 heterocycles. The van der Waals surface area contributed by atoms with Crippen LogP contribution in [0.25, 0.3) is 0 Å². The molecule has 1 aliphatic rings. The second kappa shape index (κ2) is 4.85. The van der Waals surface area contributed by atoms with Crippen molar-refractivity contribution in [2.24, 2.45) is 0 Å². The zero-order chi connectivity index (χ0) is 14.1. The molecule has 0 saturated heterocycles. The number of benzene rings is 1. The van der Waals surface area contributed by atoms with E-state index in [2.05, 4.69) is 0 Å². The van der Waals surface area contributed by atoms with Gasteiger partial charge in [-0.05, 0) is 23.8 Å². The van der Waals surface area contributed by atoms with Crippen molar-refractivity contribution in [1.29, 1.82) is 0 Å². The standard InChI is InChI=1S/C15H13NO4/c17-14-12(15(18)19)5-3-7-16(14)9-11-8-10-4-1-2-6-13(10)20-11/h1-7,11H,8-9H2,(H,18,19). The van der Waals surface area contributed by atoms with E-state index in [1.165, 1.54) is 10.6 Å². The number of carbonyl (C=O) groups is 1. The van der Waals surface area contributed by atoms with Gasteiger partial charge in [-0.1, -0.05) is 18.2 Å². The molecule has 20 heavy (non-hydrogen) atoms. The molecule has 1 unspecified atom stereocenters. The first-order valence-corrected chi connectivity index (χ1v) is 6.32. The molecule has 1 aliphatic heterocycles. The van der Waals surface area contributed by atoms with Crippen molar-refractivity contribution in [3.63, 3.8) is 0 Å². The Kier molecular flexibility index (Phi) is 3.02. The summed E-state index contributed by atoms with van der Waals surface area (Å²) in [6.07, 6.45) is 2.16. The van der Waals surface area contributed by atoms with Gasteiger partial charge >= 0.3 is 5.97 Å². The first-order valence-electron chi connectivity index (χ1n) is 6.32. The summed E-state index contributed by atoms with van der Waals surface area (Å²) in [5.74, 6) is -0.375. The first kappa shape index (κ1) is 12.5. The maximum atomic E-state index is 12.0. The van der Waals surface area contributed by atoms with E-state index in [4.69, 9.17) is 9.84 Å². The smallest absolute Gasteiger partial charge is 0.341 e. The molecule has 2 aromatic rings. The fourth-order valence-electron chi connectivity index (χ4n) is 2.42. The lowest BCUT2D eigenvalue weighted by molar-refractivity contribution is 0.0693. The molecule has 0 aliphatic carbocycles. The molecule has 1 aromatic heterocycles. The number of hydrogen-bond acceptors (Lipinski definition) is 3. The number of aromatic nitrogens is 1. The highest BCUT2D eigenvalue weighted by molar-refractivity contribution is 5.86. The molecule has 5 nitrogen and oxygen atoms in total. The summed E-state index contributed by atoms with van der Waals surface area (Å²) in [7, 11) is 0. The zero-order valence-corrected chi connectivity index (χ0v) is 10.7. The summed E-state index contributed by atoms with van der Waals surface area (Å²) < 4.78 is 7.15. The van der Waals surface area contributed by atoms with E-state index in [0.29, 0.717) is 6.54 Å². The van der Waals surface area contributed by atoms with E-state index in [1.54, 1.807) is 12.3 Å². The Balaban J connectivity index is 1.83. The van der Waals surface area contributed by atoms with Crippen LogP contribution in [0.15, 0.2) is 47.4 Å². The molecule has 0 saturated carbocycles. The minimum absolute atomic E-state index is 0.144. The van der Waals surface area contributed by atoms with Crippen molar-refractivity contribution >= 4 is 5.97 Å². The van der Waals surface area contributed by atoms with Gasteiger partial charge in [0.25, 0.3) is 5.56 Å². The van der Waals surface area contributed by atoms with Crippen molar-refractivity contribution in [1.82, 2.24) is 4.57 Å². The van der Waals surface area contributed by atoms with Crippen LogP contribution in [-0.2, 0) is 13.0 Å². The second-order valence-electron chi connectivity index (χ2n) is 4.74. The van der Waals surface area contributed by atoms with E-state index in [0.717, 1.165) is 17.7 Å². The molecular weight excluding hydrogens is 258 g/mol. The van der Waals surface area contributed by atoms with Crippen LogP contribution >= 0.6 is 0 Å². The Morgan fingerprint density at radius 1 is 1.30 bits per heavy atom. The Labute approximate surface area is 115 Å². The lowest BCUT2D eigenvalue weighted by Gasteiger charge is -2.13. The SMILES string of the molecule is O=C(O)c1cccn(CC2Cc3ccccc3O2)c1=O. The van der Waals surface area contributed by atoms with E-state index in [-0.39, 0.29) is 11.7 Å². The minimum Gasteiger partial charge on any atom is -0.488 e. The van der Waals surface area contributed by atoms with E-state index in [9.17, 15) is 9.59 Å². The molecule has 0 bridgehead atoms. The zero-order valence-electron chi connectivity index (χ0n) is 10.7. The van der Waals surface area contributed by atoms with Crippen LogP contribution in [0.5, 0.6) is 5.75 Å². The third kappa shape index (κ3) is 2.18. The van der Waals surface area contributed by atoms with Gasteiger partial charge in [-0.2, -0.15) is 0 Å². The normalized spacial score (nSPS) is 16.5. The molecule has 102 valence electrons. The van der Waals surface area contributed by atoms with Gasteiger partial charge in [0, 0.05) is 12.6 Å². The van der Waals surface area contributed by atoms with Gasteiger partial charge in [0.15, 0.2) is 0 Å². The van der Waals surface area contributed by atoms with E-state index >= 15 is 0 Å². The van der Waals surface area contributed by atoms with Gasteiger partial charge in [-0.15, -0.1) is 0 Å². The summed E-state index contributed by atoms with van der Waals surface area (Å²) >= 11 is 0. The molecule has 0 amide bonds. The van der Waals surface area contributed by atoms with Gasteiger partial charge in [0.1, 0.15) is 17.4 Å².